The minimum absolute atomic E-state index is 0.563. The number of hydrogen-bond donors (Lipinski definition) is 1. The fourth-order valence-electron chi connectivity index (χ4n) is 2.70. The lowest BCUT2D eigenvalue weighted by atomic mass is 9.90. The van der Waals surface area contributed by atoms with Crippen LogP contribution in [0.2, 0.25) is 0 Å². The zero-order valence-corrected chi connectivity index (χ0v) is 13.3. The van der Waals surface area contributed by atoms with E-state index in [1.54, 1.807) is 0 Å². The van der Waals surface area contributed by atoms with Crippen LogP contribution >= 0.6 is 11.3 Å². The Morgan fingerprint density at radius 2 is 1.89 bits per heavy atom. The molecule has 0 aliphatic carbocycles. The van der Waals surface area contributed by atoms with Crippen LogP contribution in [0.25, 0.3) is 10.1 Å². The molecule has 1 nitrogen and oxygen atoms in total. The second-order valence-electron chi connectivity index (χ2n) is 5.70. The Morgan fingerprint density at radius 1 is 1.16 bits per heavy atom. The average molecular weight is 275 g/mol. The lowest BCUT2D eigenvalue weighted by molar-refractivity contribution is 0.357. The van der Waals surface area contributed by atoms with Crippen molar-refractivity contribution in [2.45, 2.75) is 46.1 Å². The van der Waals surface area contributed by atoms with Crippen molar-refractivity contribution < 1.29 is 0 Å². The van der Waals surface area contributed by atoms with Crippen molar-refractivity contribution >= 4 is 21.4 Å². The average Bonchev–Trinajstić information content (AvgIpc) is 2.82. The highest BCUT2D eigenvalue weighted by molar-refractivity contribution is 7.19. The molecule has 0 bridgehead atoms. The van der Waals surface area contributed by atoms with Crippen molar-refractivity contribution in [3.63, 3.8) is 0 Å². The fraction of sp³-hybridized carbons (Fsp3) is 0.529. The SMILES string of the molecule is CCCNC(C(C)C)C(C)c1cc2ccccc2s1. The van der Waals surface area contributed by atoms with E-state index >= 15 is 0 Å². The number of fused-ring (bicyclic) bond motifs is 1. The predicted octanol–water partition coefficient (Wildman–Crippen LogP) is 5.03. The molecule has 1 aromatic carbocycles. The third kappa shape index (κ3) is 3.37. The summed E-state index contributed by atoms with van der Waals surface area (Å²) < 4.78 is 1.40. The monoisotopic (exact) mass is 275 g/mol. The highest BCUT2D eigenvalue weighted by Crippen LogP contribution is 2.33. The zero-order valence-electron chi connectivity index (χ0n) is 12.4. The van der Waals surface area contributed by atoms with Crippen LogP contribution in [0.15, 0.2) is 30.3 Å². The van der Waals surface area contributed by atoms with Gasteiger partial charge < -0.3 is 5.32 Å². The first-order chi connectivity index (χ1) is 9.13. The van der Waals surface area contributed by atoms with Crippen molar-refractivity contribution in [3.8, 4) is 0 Å². The molecular formula is C17H25NS. The summed E-state index contributed by atoms with van der Waals surface area (Å²) in [5, 5.41) is 5.10. The summed E-state index contributed by atoms with van der Waals surface area (Å²) in [5.41, 5.74) is 0. The summed E-state index contributed by atoms with van der Waals surface area (Å²) in [7, 11) is 0. The molecule has 2 rings (SSSR count). The van der Waals surface area contributed by atoms with E-state index in [0.717, 1.165) is 6.54 Å². The molecule has 0 saturated heterocycles. The summed E-state index contributed by atoms with van der Waals surface area (Å²) in [6.45, 7) is 10.3. The summed E-state index contributed by atoms with van der Waals surface area (Å²) in [6, 6.07) is 11.6. The van der Waals surface area contributed by atoms with Gasteiger partial charge in [-0.25, -0.2) is 0 Å². The summed E-state index contributed by atoms with van der Waals surface area (Å²) >= 11 is 1.94. The molecule has 19 heavy (non-hydrogen) atoms. The van der Waals surface area contributed by atoms with E-state index in [2.05, 4.69) is 63.3 Å². The Hall–Kier alpha value is -0.860. The Kier molecular flexibility index (Phi) is 5.00. The molecule has 104 valence electrons. The van der Waals surface area contributed by atoms with Gasteiger partial charge >= 0.3 is 0 Å². The van der Waals surface area contributed by atoms with Crippen LogP contribution in [0.5, 0.6) is 0 Å². The molecule has 2 heteroatoms. The minimum Gasteiger partial charge on any atom is -0.313 e. The second kappa shape index (κ2) is 6.53. The first-order valence-electron chi connectivity index (χ1n) is 7.35. The van der Waals surface area contributed by atoms with Crippen LogP contribution in [0, 0.1) is 5.92 Å². The van der Waals surface area contributed by atoms with E-state index in [1.807, 2.05) is 11.3 Å². The maximum atomic E-state index is 3.72. The third-order valence-corrected chi connectivity index (χ3v) is 5.10. The van der Waals surface area contributed by atoms with Gasteiger partial charge in [0.15, 0.2) is 0 Å². The van der Waals surface area contributed by atoms with E-state index in [9.17, 15) is 0 Å². The normalized spacial score (nSPS) is 15.0. The molecule has 0 amide bonds. The van der Waals surface area contributed by atoms with Gasteiger partial charge in [-0.3, -0.25) is 0 Å². The van der Waals surface area contributed by atoms with E-state index in [-0.39, 0.29) is 0 Å². The third-order valence-electron chi connectivity index (χ3n) is 3.78. The van der Waals surface area contributed by atoms with E-state index < -0.39 is 0 Å². The first kappa shape index (κ1) is 14.5. The van der Waals surface area contributed by atoms with Crippen LogP contribution in [0.1, 0.15) is 44.9 Å². The fourth-order valence-corrected chi connectivity index (χ4v) is 3.87. The number of nitrogens with one attached hydrogen (secondary N) is 1. The molecule has 1 N–H and O–H groups in total. The van der Waals surface area contributed by atoms with Crippen LogP contribution in [0.4, 0.5) is 0 Å². The van der Waals surface area contributed by atoms with Crippen molar-refractivity contribution in [1.29, 1.82) is 0 Å². The molecular weight excluding hydrogens is 250 g/mol. The Labute approximate surface area is 121 Å². The molecule has 0 aliphatic heterocycles. The van der Waals surface area contributed by atoms with Crippen LogP contribution in [-0.2, 0) is 0 Å². The van der Waals surface area contributed by atoms with Gasteiger partial charge in [-0.05, 0) is 36.4 Å². The highest BCUT2D eigenvalue weighted by atomic mass is 32.1. The van der Waals surface area contributed by atoms with Gasteiger partial charge in [0.1, 0.15) is 0 Å². The number of benzene rings is 1. The maximum absolute atomic E-state index is 3.72. The topological polar surface area (TPSA) is 12.0 Å². The molecule has 0 radical (unpaired) electrons. The van der Waals surface area contributed by atoms with Gasteiger partial charge in [0, 0.05) is 21.5 Å². The van der Waals surface area contributed by atoms with Crippen molar-refractivity contribution in [2.24, 2.45) is 5.92 Å². The van der Waals surface area contributed by atoms with Gasteiger partial charge in [0.25, 0.3) is 0 Å². The van der Waals surface area contributed by atoms with Crippen molar-refractivity contribution in [3.05, 3.63) is 35.2 Å². The van der Waals surface area contributed by atoms with Crippen molar-refractivity contribution in [2.75, 3.05) is 6.54 Å². The van der Waals surface area contributed by atoms with Crippen molar-refractivity contribution in [1.82, 2.24) is 5.32 Å². The van der Waals surface area contributed by atoms with Crippen LogP contribution in [0.3, 0.4) is 0 Å². The lowest BCUT2D eigenvalue weighted by Gasteiger charge is -2.28. The van der Waals surface area contributed by atoms with Gasteiger partial charge in [-0.1, -0.05) is 45.9 Å². The summed E-state index contributed by atoms with van der Waals surface area (Å²) in [6.07, 6.45) is 1.20. The molecule has 2 atom stereocenters. The van der Waals surface area contributed by atoms with Gasteiger partial charge in [-0.15, -0.1) is 11.3 Å². The molecule has 2 unspecified atom stereocenters. The Morgan fingerprint density at radius 3 is 2.53 bits per heavy atom. The summed E-state index contributed by atoms with van der Waals surface area (Å²) in [4.78, 5) is 1.50. The van der Waals surface area contributed by atoms with Gasteiger partial charge in [-0.2, -0.15) is 0 Å². The number of rotatable bonds is 6. The smallest absolute Gasteiger partial charge is 0.0345 e. The van der Waals surface area contributed by atoms with Crippen LogP contribution < -0.4 is 5.32 Å². The van der Waals surface area contributed by atoms with Crippen LogP contribution in [-0.4, -0.2) is 12.6 Å². The standard InChI is InChI=1S/C17H25NS/c1-5-10-18-17(12(2)3)13(4)16-11-14-8-6-7-9-15(14)19-16/h6-9,11-13,17-18H,5,10H2,1-4H3. The zero-order chi connectivity index (χ0) is 13.8. The Balaban J connectivity index is 2.22. The van der Waals surface area contributed by atoms with Gasteiger partial charge in [0.05, 0.1) is 0 Å². The molecule has 0 fully saturated rings. The summed E-state index contributed by atoms with van der Waals surface area (Å²) in [5.74, 6) is 1.23. The van der Waals surface area contributed by atoms with E-state index in [0.29, 0.717) is 17.9 Å². The molecule has 0 saturated carbocycles. The highest BCUT2D eigenvalue weighted by Gasteiger charge is 2.22. The molecule has 0 aliphatic rings. The molecule has 1 aromatic heterocycles. The predicted molar refractivity (Wildman–Crippen MR) is 87.2 cm³/mol. The number of hydrogen-bond acceptors (Lipinski definition) is 2. The van der Waals surface area contributed by atoms with E-state index in [1.165, 1.54) is 21.4 Å². The Bertz CT molecular complexity index is 482. The quantitative estimate of drug-likeness (QED) is 0.779. The minimum atomic E-state index is 0.563. The molecule has 0 spiro atoms. The van der Waals surface area contributed by atoms with Gasteiger partial charge in [0.2, 0.25) is 0 Å². The first-order valence-corrected chi connectivity index (χ1v) is 8.17. The van der Waals surface area contributed by atoms with E-state index in [4.69, 9.17) is 0 Å². The maximum Gasteiger partial charge on any atom is 0.0345 e. The lowest BCUT2D eigenvalue weighted by Crippen LogP contribution is -2.38. The number of thiophene rings is 1. The second-order valence-corrected chi connectivity index (χ2v) is 6.81. The molecule has 2 aromatic rings. The largest absolute Gasteiger partial charge is 0.313 e. The molecule has 1 heterocycles.